The van der Waals surface area contributed by atoms with Crippen molar-refractivity contribution in [2.75, 3.05) is 23.4 Å². The van der Waals surface area contributed by atoms with E-state index in [4.69, 9.17) is 5.73 Å². The average Bonchev–Trinajstić information content (AvgIpc) is 3.42. The SMILES string of the molecule is CNc1ncc[nH]1.Nc1cc(C=O)c2nc(NC(=O)c3cc4c(cn3)CCCC=C4)[nH]c2c1. The van der Waals surface area contributed by atoms with Crippen molar-refractivity contribution in [3.63, 3.8) is 0 Å². The molecule has 1 amide bonds. The van der Waals surface area contributed by atoms with Crippen LogP contribution in [-0.4, -0.2) is 44.2 Å². The van der Waals surface area contributed by atoms with Gasteiger partial charge in [-0.05, 0) is 48.6 Å². The number of aromatic amines is 2. The Morgan fingerprint density at radius 2 is 2.09 bits per heavy atom. The van der Waals surface area contributed by atoms with Gasteiger partial charge in [-0.2, -0.15) is 0 Å². The minimum atomic E-state index is -0.370. The van der Waals surface area contributed by atoms with Crippen molar-refractivity contribution < 1.29 is 9.59 Å². The zero-order valence-electron chi connectivity index (χ0n) is 18.1. The lowest BCUT2D eigenvalue weighted by molar-refractivity contribution is 0.102. The van der Waals surface area contributed by atoms with E-state index in [9.17, 15) is 9.59 Å². The number of hydrogen-bond acceptors (Lipinski definition) is 7. The highest BCUT2D eigenvalue weighted by molar-refractivity contribution is 6.04. The first-order valence-corrected chi connectivity index (χ1v) is 10.5. The lowest BCUT2D eigenvalue weighted by Crippen LogP contribution is -2.15. The number of nitrogens with two attached hydrogens (primary N) is 1. The van der Waals surface area contributed by atoms with E-state index in [0.29, 0.717) is 34.3 Å². The summed E-state index contributed by atoms with van der Waals surface area (Å²) in [5.74, 6) is 0.677. The van der Waals surface area contributed by atoms with Crippen LogP contribution in [0.1, 0.15) is 44.8 Å². The van der Waals surface area contributed by atoms with Gasteiger partial charge in [0.15, 0.2) is 12.2 Å². The first-order valence-electron chi connectivity index (χ1n) is 10.5. The Kier molecular flexibility index (Phi) is 6.44. The summed E-state index contributed by atoms with van der Waals surface area (Å²) in [6, 6.07) is 4.99. The van der Waals surface area contributed by atoms with Gasteiger partial charge in [0.2, 0.25) is 5.95 Å². The molecular formula is C23H24N8O2. The van der Waals surface area contributed by atoms with E-state index in [2.05, 4.69) is 41.6 Å². The molecule has 3 aromatic heterocycles. The molecule has 1 aliphatic rings. The Morgan fingerprint density at radius 3 is 2.82 bits per heavy atom. The number of amides is 1. The minimum absolute atomic E-state index is 0.242. The van der Waals surface area contributed by atoms with E-state index in [1.54, 1.807) is 36.8 Å². The molecule has 4 aromatic rings. The van der Waals surface area contributed by atoms with Crippen LogP contribution in [0.4, 0.5) is 17.6 Å². The van der Waals surface area contributed by atoms with Crippen molar-refractivity contribution in [3.05, 3.63) is 65.2 Å². The second kappa shape index (κ2) is 9.77. The summed E-state index contributed by atoms with van der Waals surface area (Å²) in [5, 5.41) is 5.53. The predicted octanol–water partition coefficient (Wildman–Crippen LogP) is 3.41. The number of carbonyl (C=O) groups is 2. The molecule has 0 unspecified atom stereocenters. The summed E-state index contributed by atoms with van der Waals surface area (Å²) in [5.41, 5.74) is 10.1. The second-order valence-corrected chi connectivity index (χ2v) is 7.41. The van der Waals surface area contributed by atoms with Gasteiger partial charge in [0.25, 0.3) is 5.91 Å². The summed E-state index contributed by atoms with van der Waals surface area (Å²) in [7, 11) is 1.82. The molecule has 0 radical (unpaired) electrons. The molecule has 3 heterocycles. The van der Waals surface area contributed by atoms with E-state index >= 15 is 0 Å². The highest BCUT2D eigenvalue weighted by Gasteiger charge is 2.15. The molecule has 6 N–H and O–H groups in total. The zero-order chi connectivity index (χ0) is 23.2. The van der Waals surface area contributed by atoms with Crippen molar-refractivity contribution >= 4 is 46.9 Å². The number of pyridine rings is 1. The molecule has 10 heteroatoms. The van der Waals surface area contributed by atoms with Gasteiger partial charge in [-0.3, -0.25) is 19.9 Å². The molecule has 168 valence electrons. The lowest BCUT2D eigenvalue weighted by Gasteiger charge is -2.06. The number of benzene rings is 1. The van der Waals surface area contributed by atoms with Crippen molar-refractivity contribution in [1.82, 2.24) is 24.9 Å². The van der Waals surface area contributed by atoms with Crippen LogP contribution in [0, 0.1) is 0 Å². The molecule has 1 aliphatic carbocycles. The van der Waals surface area contributed by atoms with Gasteiger partial charge in [0, 0.05) is 36.9 Å². The van der Waals surface area contributed by atoms with Crippen LogP contribution in [0.3, 0.4) is 0 Å². The number of aromatic nitrogens is 5. The van der Waals surface area contributed by atoms with E-state index in [1.807, 2.05) is 13.1 Å². The molecule has 0 saturated heterocycles. The van der Waals surface area contributed by atoms with E-state index < -0.39 is 0 Å². The maximum Gasteiger partial charge on any atom is 0.276 e. The molecule has 5 rings (SSSR count). The number of H-pyrrole nitrogens is 2. The monoisotopic (exact) mass is 444 g/mol. The molecule has 10 nitrogen and oxygen atoms in total. The number of hydrogen-bond donors (Lipinski definition) is 5. The van der Waals surface area contributed by atoms with Crippen molar-refractivity contribution in [2.45, 2.75) is 19.3 Å². The number of nitrogens with zero attached hydrogens (tertiary/aromatic N) is 3. The van der Waals surface area contributed by atoms with Crippen molar-refractivity contribution in [2.24, 2.45) is 0 Å². The van der Waals surface area contributed by atoms with Gasteiger partial charge in [-0.15, -0.1) is 0 Å². The summed E-state index contributed by atoms with van der Waals surface area (Å²) < 4.78 is 0. The Bertz CT molecular complexity index is 1310. The Labute approximate surface area is 189 Å². The summed E-state index contributed by atoms with van der Waals surface area (Å²) in [6.07, 6.45) is 13.1. The highest BCUT2D eigenvalue weighted by atomic mass is 16.2. The first kappa shape index (κ1) is 21.8. The smallest absolute Gasteiger partial charge is 0.276 e. The maximum absolute atomic E-state index is 12.5. The largest absolute Gasteiger partial charge is 0.399 e. The number of carbonyl (C=O) groups excluding carboxylic acids is 2. The molecule has 0 bridgehead atoms. The molecule has 0 spiro atoms. The van der Waals surface area contributed by atoms with E-state index in [0.717, 1.165) is 36.3 Å². The third-order valence-corrected chi connectivity index (χ3v) is 5.10. The summed E-state index contributed by atoms with van der Waals surface area (Å²) in [6.45, 7) is 0. The van der Waals surface area contributed by atoms with Crippen LogP contribution in [0.2, 0.25) is 0 Å². The molecule has 1 aromatic carbocycles. The summed E-state index contributed by atoms with van der Waals surface area (Å²) >= 11 is 0. The van der Waals surface area contributed by atoms with Gasteiger partial charge < -0.3 is 21.0 Å². The number of anilines is 3. The minimum Gasteiger partial charge on any atom is -0.399 e. The fourth-order valence-corrected chi connectivity index (χ4v) is 3.50. The van der Waals surface area contributed by atoms with Crippen molar-refractivity contribution in [1.29, 1.82) is 0 Å². The van der Waals surface area contributed by atoms with Gasteiger partial charge in [0.1, 0.15) is 11.2 Å². The number of aryl methyl sites for hydroxylation is 1. The van der Waals surface area contributed by atoms with Crippen LogP contribution >= 0.6 is 0 Å². The topological polar surface area (TPSA) is 154 Å². The normalized spacial score (nSPS) is 12.3. The van der Waals surface area contributed by atoms with Crippen LogP contribution < -0.4 is 16.4 Å². The van der Waals surface area contributed by atoms with Gasteiger partial charge in [-0.25, -0.2) is 9.97 Å². The molecule has 0 fully saturated rings. The first-order chi connectivity index (χ1) is 16.1. The van der Waals surface area contributed by atoms with Gasteiger partial charge in [0.05, 0.1) is 5.52 Å². The van der Waals surface area contributed by atoms with Crippen LogP contribution in [0.25, 0.3) is 17.1 Å². The fraction of sp³-hybridized carbons (Fsp3) is 0.174. The third kappa shape index (κ3) is 5.06. The number of nitrogens with one attached hydrogen (secondary N) is 4. The molecule has 0 atom stereocenters. The molecular weight excluding hydrogens is 420 g/mol. The van der Waals surface area contributed by atoms with Crippen LogP contribution in [0.15, 0.2) is 42.9 Å². The van der Waals surface area contributed by atoms with Gasteiger partial charge in [-0.1, -0.05) is 12.2 Å². The molecule has 0 aliphatic heterocycles. The number of aldehydes is 1. The predicted molar refractivity (Wildman–Crippen MR) is 128 cm³/mol. The fourth-order valence-electron chi connectivity index (χ4n) is 3.50. The van der Waals surface area contributed by atoms with E-state index in [-0.39, 0.29) is 11.9 Å². The van der Waals surface area contributed by atoms with Crippen molar-refractivity contribution in [3.8, 4) is 0 Å². The zero-order valence-corrected chi connectivity index (χ0v) is 18.1. The van der Waals surface area contributed by atoms with Crippen LogP contribution in [0.5, 0.6) is 0 Å². The van der Waals surface area contributed by atoms with Crippen LogP contribution in [-0.2, 0) is 6.42 Å². The number of nitrogen functional groups attached to an aromatic ring is 1. The Hall–Kier alpha value is -4.47. The maximum atomic E-state index is 12.5. The Morgan fingerprint density at radius 1 is 1.21 bits per heavy atom. The number of fused-ring (bicyclic) bond motifs is 2. The number of rotatable bonds is 4. The standard InChI is InChI=1S/C19H17N5O2.C4H7N3/c20-14-6-13(10-25)17-15(8-14)22-19(23-17)24-18(26)16-7-11-4-2-1-3-5-12(11)9-21-16;1-5-4-6-2-3-7-4/h2,4,6-10H,1,3,5,20H2,(H2,22,23,24,26);2-3H,1H3,(H2,5,6,7). The average molecular weight is 444 g/mol. The van der Waals surface area contributed by atoms with Gasteiger partial charge >= 0.3 is 0 Å². The van der Waals surface area contributed by atoms with E-state index in [1.165, 1.54) is 0 Å². The quantitative estimate of drug-likeness (QED) is 0.239. The molecule has 0 saturated carbocycles. The molecule has 33 heavy (non-hydrogen) atoms. The second-order valence-electron chi connectivity index (χ2n) is 7.41. The number of imidazole rings is 2. The third-order valence-electron chi connectivity index (χ3n) is 5.10. The number of allylic oxidation sites excluding steroid dienone is 1. The summed E-state index contributed by atoms with van der Waals surface area (Å²) in [4.78, 5) is 41.9. The lowest BCUT2D eigenvalue weighted by atomic mass is 10.1. The highest BCUT2D eigenvalue weighted by Crippen LogP contribution is 2.22. The Balaban J connectivity index is 0.000000318.